The van der Waals surface area contributed by atoms with Crippen molar-refractivity contribution in [3.63, 3.8) is 0 Å². The Labute approximate surface area is 96.1 Å². The van der Waals surface area contributed by atoms with Crippen molar-refractivity contribution < 1.29 is 5.11 Å². The van der Waals surface area contributed by atoms with Crippen molar-refractivity contribution in [1.29, 1.82) is 0 Å². The first kappa shape index (κ1) is 11.3. The van der Waals surface area contributed by atoms with Crippen LogP contribution in [0, 0.1) is 19.8 Å². The lowest BCUT2D eigenvalue weighted by Gasteiger charge is -2.19. The average molecular weight is 221 g/mol. The Kier molecular flexibility index (Phi) is 3.39. The predicted molar refractivity (Wildman–Crippen MR) is 63.3 cm³/mol. The van der Waals surface area contributed by atoms with E-state index >= 15 is 0 Å². The topological polar surface area (TPSA) is 58.0 Å². The second kappa shape index (κ2) is 4.78. The molecule has 4 nitrogen and oxygen atoms in total. The fraction of sp³-hybridized carbons (Fsp3) is 0.667. The second-order valence-corrected chi connectivity index (χ2v) is 4.60. The summed E-state index contributed by atoms with van der Waals surface area (Å²) >= 11 is 0. The normalized spacial score (nSPS) is 24.7. The van der Waals surface area contributed by atoms with Gasteiger partial charge in [-0.1, -0.05) is 6.42 Å². The maximum absolute atomic E-state index is 9.24. The van der Waals surface area contributed by atoms with Crippen molar-refractivity contribution in [2.45, 2.75) is 39.2 Å². The standard InChI is InChI=1S/C12H19N3O/c1-8-6-9(2)14-12(13-8)15-11-5-3-4-10(11)7-16/h6,10-11,16H,3-5,7H2,1-2H3,(H,13,14,15). The van der Waals surface area contributed by atoms with Crippen LogP contribution in [0.25, 0.3) is 0 Å². The minimum atomic E-state index is 0.252. The molecule has 2 unspecified atom stereocenters. The summed E-state index contributed by atoms with van der Waals surface area (Å²) in [6.07, 6.45) is 3.37. The van der Waals surface area contributed by atoms with Crippen LogP contribution in [0.1, 0.15) is 30.7 Å². The number of aliphatic hydroxyl groups is 1. The van der Waals surface area contributed by atoms with Crippen molar-refractivity contribution in [2.24, 2.45) is 5.92 Å². The van der Waals surface area contributed by atoms with E-state index in [0.29, 0.717) is 17.9 Å². The minimum absolute atomic E-state index is 0.252. The zero-order valence-corrected chi connectivity index (χ0v) is 9.90. The molecular formula is C12H19N3O. The van der Waals surface area contributed by atoms with E-state index in [-0.39, 0.29) is 6.61 Å². The number of aryl methyl sites for hydroxylation is 2. The molecule has 1 aliphatic rings. The quantitative estimate of drug-likeness (QED) is 0.815. The van der Waals surface area contributed by atoms with Crippen LogP contribution < -0.4 is 5.32 Å². The monoisotopic (exact) mass is 221 g/mol. The molecule has 0 spiro atoms. The van der Waals surface area contributed by atoms with Crippen LogP contribution in [0.5, 0.6) is 0 Å². The molecule has 2 N–H and O–H groups in total. The molecule has 0 saturated heterocycles. The molecule has 16 heavy (non-hydrogen) atoms. The second-order valence-electron chi connectivity index (χ2n) is 4.60. The highest BCUT2D eigenvalue weighted by Gasteiger charge is 2.26. The van der Waals surface area contributed by atoms with Gasteiger partial charge in [-0.15, -0.1) is 0 Å². The first-order chi connectivity index (χ1) is 7.69. The van der Waals surface area contributed by atoms with E-state index in [1.807, 2.05) is 19.9 Å². The summed E-state index contributed by atoms with van der Waals surface area (Å²) in [5.41, 5.74) is 1.96. The van der Waals surface area contributed by atoms with Gasteiger partial charge in [0.2, 0.25) is 5.95 Å². The van der Waals surface area contributed by atoms with Gasteiger partial charge in [0.15, 0.2) is 0 Å². The van der Waals surface area contributed by atoms with Crippen molar-refractivity contribution >= 4 is 5.95 Å². The van der Waals surface area contributed by atoms with E-state index < -0.39 is 0 Å². The molecule has 1 saturated carbocycles. The first-order valence-electron chi connectivity index (χ1n) is 5.88. The third kappa shape index (κ3) is 2.50. The highest BCUT2D eigenvalue weighted by Crippen LogP contribution is 2.27. The average Bonchev–Trinajstić information content (AvgIpc) is 2.63. The number of aliphatic hydroxyl groups excluding tert-OH is 1. The van der Waals surface area contributed by atoms with Gasteiger partial charge < -0.3 is 10.4 Å². The number of hydrogen-bond acceptors (Lipinski definition) is 4. The molecule has 1 heterocycles. The fourth-order valence-corrected chi connectivity index (χ4v) is 2.40. The highest BCUT2D eigenvalue weighted by molar-refractivity contribution is 5.29. The third-order valence-corrected chi connectivity index (χ3v) is 3.19. The molecule has 4 heteroatoms. The van der Waals surface area contributed by atoms with Crippen LogP contribution in [0.15, 0.2) is 6.07 Å². The van der Waals surface area contributed by atoms with Crippen LogP contribution in [0.4, 0.5) is 5.95 Å². The Balaban J connectivity index is 2.08. The van der Waals surface area contributed by atoms with Gasteiger partial charge in [0.05, 0.1) is 0 Å². The summed E-state index contributed by atoms with van der Waals surface area (Å²) in [5, 5.41) is 12.6. The summed E-state index contributed by atoms with van der Waals surface area (Å²) in [5.74, 6) is 1.05. The Morgan fingerprint density at radius 1 is 1.31 bits per heavy atom. The summed E-state index contributed by atoms with van der Waals surface area (Å²) in [6, 6.07) is 2.29. The van der Waals surface area contributed by atoms with Gasteiger partial charge in [-0.2, -0.15) is 0 Å². The number of nitrogens with one attached hydrogen (secondary N) is 1. The molecule has 88 valence electrons. The summed E-state index contributed by atoms with van der Waals surface area (Å²) < 4.78 is 0. The fourth-order valence-electron chi connectivity index (χ4n) is 2.40. The maximum Gasteiger partial charge on any atom is 0.223 e. The molecule has 0 bridgehead atoms. The summed E-state index contributed by atoms with van der Waals surface area (Å²) in [7, 11) is 0. The van der Waals surface area contributed by atoms with Gasteiger partial charge in [0.25, 0.3) is 0 Å². The van der Waals surface area contributed by atoms with Crippen LogP contribution in [0.3, 0.4) is 0 Å². The number of nitrogens with zero attached hydrogens (tertiary/aromatic N) is 2. The number of rotatable bonds is 3. The zero-order chi connectivity index (χ0) is 11.5. The lowest BCUT2D eigenvalue weighted by Crippen LogP contribution is -2.27. The largest absolute Gasteiger partial charge is 0.396 e. The van der Waals surface area contributed by atoms with Crippen molar-refractivity contribution in [3.8, 4) is 0 Å². The van der Waals surface area contributed by atoms with E-state index in [1.54, 1.807) is 0 Å². The number of anilines is 1. The van der Waals surface area contributed by atoms with E-state index in [9.17, 15) is 5.11 Å². The van der Waals surface area contributed by atoms with Crippen molar-refractivity contribution in [2.75, 3.05) is 11.9 Å². The van der Waals surface area contributed by atoms with Crippen molar-refractivity contribution in [1.82, 2.24) is 9.97 Å². The van der Waals surface area contributed by atoms with Gasteiger partial charge in [-0.05, 0) is 32.8 Å². The van der Waals surface area contributed by atoms with E-state index in [1.165, 1.54) is 6.42 Å². The lowest BCUT2D eigenvalue weighted by atomic mass is 10.1. The molecule has 1 aromatic rings. The van der Waals surface area contributed by atoms with Crippen LogP contribution in [-0.2, 0) is 0 Å². The van der Waals surface area contributed by atoms with Gasteiger partial charge in [0, 0.05) is 30.0 Å². The van der Waals surface area contributed by atoms with Gasteiger partial charge in [-0.3, -0.25) is 0 Å². The molecule has 1 aromatic heterocycles. The predicted octanol–water partition coefficient (Wildman–Crippen LogP) is 1.67. The molecule has 0 aromatic carbocycles. The third-order valence-electron chi connectivity index (χ3n) is 3.19. The minimum Gasteiger partial charge on any atom is -0.396 e. The Morgan fingerprint density at radius 2 is 2.00 bits per heavy atom. The Morgan fingerprint density at radius 3 is 2.62 bits per heavy atom. The van der Waals surface area contributed by atoms with Crippen molar-refractivity contribution in [3.05, 3.63) is 17.5 Å². The van der Waals surface area contributed by atoms with Crippen LogP contribution in [-0.4, -0.2) is 27.7 Å². The molecular weight excluding hydrogens is 202 g/mol. The van der Waals surface area contributed by atoms with Gasteiger partial charge >= 0.3 is 0 Å². The lowest BCUT2D eigenvalue weighted by molar-refractivity contribution is 0.222. The molecule has 0 radical (unpaired) electrons. The molecule has 0 aliphatic heterocycles. The number of hydrogen-bond donors (Lipinski definition) is 2. The first-order valence-corrected chi connectivity index (χ1v) is 5.88. The van der Waals surface area contributed by atoms with Crippen LogP contribution >= 0.6 is 0 Å². The maximum atomic E-state index is 9.24. The van der Waals surface area contributed by atoms with E-state index in [0.717, 1.165) is 24.2 Å². The van der Waals surface area contributed by atoms with Crippen LogP contribution in [0.2, 0.25) is 0 Å². The highest BCUT2D eigenvalue weighted by atomic mass is 16.3. The molecule has 1 fully saturated rings. The molecule has 2 rings (SSSR count). The van der Waals surface area contributed by atoms with Gasteiger partial charge in [0.1, 0.15) is 0 Å². The smallest absolute Gasteiger partial charge is 0.223 e. The molecule has 1 aliphatic carbocycles. The molecule has 0 amide bonds. The summed E-state index contributed by atoms with van der Waals surface area (Å²) in [4.78, 5) is 8.72. The SMILES string of the molecule is Cc1cc(C)nc(NC2CCCC2CO)n1. The van der Waals surface area contributed by atoms with E-state index in [4.69, 9.17) is 0 Å². The Bertz CT molecular complexity index is 347. The molecule has 2 atom stereocenters. The van der Waals surface area contributed by atoms with E-state index in [2.05, 4.69) is 15.3 Å². The zero-order valence-electron chi connectivity index (χ0n) is 9.90. The van der Waals surface area contributed by atoms with Gasteiger partial charge in [-0.25, -0.2) is 9.97 Å². The Hall–Kier alpha value is -1.16. The number of aromatic nitrogens is 2. The summed E-state index contributed by atoms with van der Waals surface area (Å²) in [6.45, 7) is 4.19.